The lowest BCUT2D eigenvalue weighted by molar-refractivity contribution is -0.139. The highest BCUT2D eigenvalue weighted by molar-refractivity contribution is 5.84. The van der Waals surface area contributed by atoms with Crippen LogP contribution >= 0.6 is 0 Å². The first-order valence-corrected chi connectivity index (χ1v) is 12.5. The van der Waals surface area contributed by atoms with Crippen molar-refractivity contribution in [3.05, 3.63) is 42.5 Å². The van der Waals surface area contributed by atoms with Crippen molar-refractivity contribution in [2.24, 2.45) is 17.6 Å². The number of aliphatic hydroxyl groups excluding tert-OH is 1. The fourth-order valence-corrected chi connectivity index (χ4v) is 4.50. The van der Waals surface area contributed by atoms with Crippen molar-refractivity contribution in [1.29, 1.82) is 0 Å². The zero-order valence-corrected chi connectivity index (χ0v) is 20.5. The van der Waals surface area contributed by atoms with Crippen LogP contribution in [0, 0.1) is 11.8 Å². The number of carboxylic acid groups (broad SMARTS) is 2. The van der Waals surface area contributed by atoms with Gasteiger partial charge in [-0.25, -0.2) is 4.98 Å². The second kappa shape index (κ2) is 14.6. The molecule has 194 valence electrons. The van der Waals surface area contributed by atoms with Crippen molar-refractivity contribution < 1.29 is 29.7 Å². The highest BCUT2D eigenvalue weighted by atomic mass is 16.4. The Hall–Kier alpha value is -2.78. The lowest BCUT2D eigenvalue weighted by atomic mass is 9.89. The molecule has 1 heterocycles. The van der Waals surface area contributed by atoms with Crippen molar-refractivity contribution >= 4 is 17.7 Å². The third-order valence-corrected chi connectivity index (χ3v) is 6.49. The average molecular weight is 490 g/mol. The van der Waals surface area contributed by atoms with Crippen molar-refractivity contribution in [1.82, 2.24) is 9.55 Å². The second-order valence-corrected chi connectivity index (χ2v) is 9.32. The van der Waals surface area contributed by atoms with Crippen molar-refractivity contribution in [3.8, 4) is 0 Å². The number of allylic oxidation sites excluding steroid dienone is 3. The quantitative estimate of drug-likeness (QED) is 0.204. The maximum atomic E-state index is 13.0. The molecule has 9 heteroatoms. The summed E-state index contributed by atoms with van der Waals surface area (Å²) in [5.74, 6) is -2.20. The third kappa shape index (κ3) is 9.41. The highest BCUT2D eigenvalue weighted by Gasteiger charge is 2.41. The molecule has 1 aliphatic carbocycles. The molecule has 9 nitrogen and oxygen atoms in total. The van der Waals surface area contributed by atoms with Crippen LogP contribution in [0.3, 0.4) is 0 Å². The number of carboxylic acids is 2. The topological polar surface area (TPSA) is 156 Å². The fraction of sp³-hybridized carbons (Fsp3) is 0.615. The Morgan fingerprint density at radius 1 is 1.26 bits per heavy atom. The van der Waals surface area contributed by atoms with Crippen molar-refractivity contribution in [2.45, 2.75) is 89.3 Å². The highest BCUT2D eigenvalue weighted by Crippen LogP contribution is 2.41. The number of aliphatic hydroxyl groups is 1. The van der Waals surface area contributed by atoms with Crippen LogP contribution in [0.25, 0.3) is 0 Å². The molecule has 0 radical (unpaired) electrons. The molecule has 5 N–H and O–H groups in total. The van der Waals surface area contributed by atoms with Gasteiger partial charge in [-0.2, -0.15) is 0 Å². The number of hydrogen-bond acceptors (Lipinski definition) is 6. The molecular weight excluding hydrogens is 450 g/mol. The minimum Gasteiger partial charge on any atom is -0.481 e. The molecule has 0 saturated heterocycles. The van der Waals surface area contributed by atoms with E-state index in [-0.39, 0.29) is 36.5 Å². The van der Waals surface area contributed by atoms with Gasteiger partial charge >= 0.3 is 11.9 Å². The van der Waals surface area contributed by atoms with Crippen LogP contribution in [-0.4, -0.2) is 54.7 Å². The maximum absolute atomic E-state index is 13.0. The monoisotopic (exact) mass is 489 g/mol. The van der Waals surface area contributed by atoms with Crippen LogP contribution in [0.5, 0.6) is 0 Å². The van der Waals surface area contributed by atoms with Gasteiger partial charge in [0.05, 0.1) is 18.1 Å². The van der Waals surface area contributed by atoms with E-state index in [9.17, 15) is 19.5 Å². The van der Waals surface area contributed by atoms with Gasteiger partial charge in [0.15, 0.2) is 0 Å². The van der Waals surface area contributed by atoms with Crippen LogP contribution in [0.2, 0.25) is 0 Å². The summed E-state index contributed by atoms with van der Waals surface area (Å²) in [6.45, 7) is 2.11. The summed E-state index contributed by atoms with van der Waals surface area (Å²) < 4.78 is 1.86. The summed E-state index contributed by atoms with van der Waals surface area (Å²) in [5.41, 5.74) is 6.19. The van der Waals surface area contributed by atoms with Crippen LogP contribution < -0.4 is 5.73 Å². The molecule has 0 spiro atoms. The smallest absolute Gasteiger partial charge is 0.320 e. The van der Waals surface area contributed by atoms with Crippen molar-refractivity contribution in [2.75, 3.05) is 0 Å². The first kappa shape index (κ1) is 28.5. The Morgan fingerprint density at radius 2 is 2.03 bits per heavy atom. The number of carbonyl (C=O) groups is 3. The molecule has 1 unspecified atom stereocenters. The average Bonchev–Trinajstić information content (AvgIpc) is 3.38. The number of unbranched alkanes of at least 4 members (excludes halogenated alkanes) is 3. The minimum absolute atomic E-state index is 0.0994. The maximum Gasteiger partial charge on any atom is 0.320 e. The number of imidazole rings is 1. The van der Waals surface area contributed by atoms with Crippen molar-refractivity contribution in [3.63, 3.8) is 0 Å². The van der Waals surface area contributed by atoms with Crippen LogP contribution in [0.15, 0.2) is 36.8 Å². The molecule has 0 amide bonds. The fourth-order valence-electron chi connectivity index (χ4n) is 4.50. The number of nitrogens with zero attached hydrogens (tertiary/aromatic N) is 2. The number of ketones is 1. The van der Waals surface area contributed by atoms with E-state index in [1.165, 1.54) is 0 Å². The molecular formula is C26H39N3O6. The number of hydrogen-bond donors (Lipinski definition) is 4. The lowest BCUT2D eigenvalue weighted by Crippen LogP contribution is -2.32. The number of aromatic nitrogens is 2. The molecule has 0 aliphatic heterocycles. The molecule has 1 saturated carbocycles. The van der Waals surface area contributed by atoms with Crippen LogP contribution in [0.4, 0.5) is 0 Å². The molecule has 5 atom stereocenters. The summed E-state index contributed by atoms with van der Waals surface area (Å²) in [5, 5.41) is 28.2. The van der Waals surface area contributed by atoms with E-state index in [0.717, 1.165) is 19.3 Å². The standard InChI is InChI=1S/C26H39N3O6/c1-2-3-6-9-19(30)12-13-20-21(10-7-4-5-8-11-25(32)33)24(31)15-23(20)29-16-18(28-17-29)14-22(27)26(34)35/h4,7,12-13,16-17,19-23,30H,2-3,5-6,8-11,14-15,27H2,1H3,(H,32,33)(H,34,35)/b7-4-,13-12+/t19-,20+,21+,22-,23?/m0/s1. The first-order chi connectivity index (χ1) is 16.7. The van der Waals surface area contributed by atoms with E-state index < -0.39 is 24.1 Å². The SMILES string of the molecule is CCCCC[C@H](O)/C=C/[C@H]1C(n2cnc(C[C@H](N)C(=O)O)c2)CC(=O)[C@@H]1C/C=C\CCCC(=O)O. The predicted octanol–water partition coefficient (Wildman–Crippen LogP) is 3.28. The minimum atomic E-state index is -1.09. The second-order valence-electron chi connectivity index (χ2n) is 9.32. The van der Waals surface area contributed by atoms with E-state index >= 15 is 0 Å². The molecule has 1 fully saturated rings. The number of nitrogens with two attached hydrogens (primary N) is 1. The summed E-state index contributed by atoms with van der Waals surface area (Å²) in [6.07, 6.45) is 16.4. The number of rotatable bonds is 16. The molecule has 0 aromatic carbocycles. The Morgan fingerprint density at radius 3 is 2.71 bits per heavy atom. The molecule has 1 aromatic rings. The van der Waals surface area contributed by atoms with Gasteiger partial charge in [0.2, 0.25) is 0 Å². The number of carbonyl (C=O) groups excluding carboxylic acids is 1. The van der Waals surface area contributed by atoms with E-state index in [1.807, 2.05) is 22.8 Å². The zero-order chi connectivity index (χ0) is 25.8. The summed E-state index contributed by atoms with van der Waals surface area (Å²) in [7, 11) is 0. The van der Waals surface area contributed by atoms with E-state index in [1.54, 1.807) is 18.6 Å². The van der Waals surface area contributed by atoms with Gasteiger partial charge in [0, 0.05) is 43.3 Å². The van der Waals surface area contributed by atoms with E-state index in [0.29, 0.717) is 37.8 Å². The Bertz CT molecular complexity index is 893. The van der Waals surface area contributed by atoms with Gasteiger partial charge in [-0.1, -0.05) is 50.5 Å². The molecule has 0 bridgehead atoms. The van der Waals surface area contributed by atoms with Gasteiger partial charge in [-0.3, -0.25) is 14.4 Å². The van der Waals surface area contributed by atoms with Crippen LogP contribution in [0.1, 0.15) is 76.4 Å². The Labute approximate surface area is 206 Å². The summed E-state index contributed by atoms with van der Waals surface area (Å²) >= 11 is 0. The molecule has 2 rings (SSSR count). The van der Waals surface area contributed by atoms with E-state index in [4.69, 9.17) is 15.9 Å². The van der Waals surface area contributed by atoms with Gasteiger partial charge < -0.3 is 25.6 Å². The Balaban J connectivity index is 2.14. The predicted molar refractivity (Wildman–Crippen MR) is 132 cm³/mol. The van der Waals surface area contributed by atoms with E-state index in [2.05, 4.69) is 11.9 Å². The summed E-state index contributed by atoms with van der Waals surface area (Å²) in [6, 6.07) is -1.23. The van der Waals surface area contributed by atoms with Crippen LogP contribution in [-0.2, 0) is 20.8 Å². The zero-order valence-electron chi connectivity index (χ0n) is 20.5. The van der Waals surface area contributed by atoms with Gasteiger partial charge in [0.25, 0.3) is 0 Å². The van der Waals surface area contributed by atoms with Gasteiger partial charge in [0.1, 0.15) is 11.8 Å². The molecule has 1 aliphatic rings. The van der Waals surface area contributed by atoms with Gasteiger partial charge in [-0.05, 0) is 25.7 Å². The first-order valence-electron chi connectivity index (χ1n) is 12.5. The van der Waals surface area contributed by atoms with Gasteiger partial charge in [-0.15, -0.1) is 0 Å². The number of Topliss-reactive ketones (excluding diaryl/α,β-unsaturated/α-hetero) is 1. The largest absolute Gasteiger partial charge is 0.481 e. The lowest BCUT2D eigenvalue weighted by Gasteiger charge is -2.21. The summed E-state index contributed by atoms with van der Waals surface area (Å²) in [4.78, 5) is 39.0. The normalized spacial score (nSPS) is 22.3. The molecule has 1 aromatic heterocycles. The number of aliphatic carboxylic acids is 2. The Kier molecular flexibility index (Phi) is 11.9. The third-order valence-electron chi connectivity index (χ3n) is 6.49. The molecule has 35 heavy (non-hydrogen) atoms.